The van der Waals surface area contributed by atoms with E-state index in [1.165, 1.54) is 25.8 Å². The summed E-state index contributed by atoms with van der Waals surface area (Å²) < 4.78 is 12.9. The van der Waals surface area contributed by atoms with Crippen LogP contribution in [0.4, 0.5) is 0 Å². The summed E-state index contributed by atoms with van der Waals surface area (Å²) in [6.07, 6.45) is 0. The largest absolute Gasteiger partial charge is 0.493 e. The number of methoxy groups -OCH3 is 2. The zero-order chi connectivity index (χ0) is 20.3. The number of nitrogens with zero attached hydrogens (tertiary/aromatic N) is 2. The van der Waals surface area contributed by atoms with Gasteiger partial charge in [0.05, 0.1) is 25.1 Å². The molecule has 1 N–H and O–H groups in total. The highest BCUT2D eigenvalue weighted by Gasteiger charge is 2.14. The standard InChI is InChI=1S/C20H21N3O5/c1-22-19(25)14-8-4-5-9-15(14)23(20(22)26)12-17(24)21-11-13-7-6-10-16(27-2)18(13)28-3/h4-10H,11-12H2,1-3H3,(H,21,24). The van der Waals surface area contributed by atoms with Crippen molar-refractivity contribution in [3.63, 3.8) is 0 Å². The van der Waals surface area contributed by atoms with E-state index in [2.05, 4.69) is 5.32 Å². The molecule has 0 spiro atoms. The Morgan fingerprint density at radius 1 is 1.04 bits per heavy atom. The molecule has 0 bridgehead atoms. The topological polar surface area (TPSA) is 91.6 Å². The number of nitrogens with one attached hydrogen (secondary N) is 1. The molecule has 0 aliphatic heterocycles. The molecule has 3 aromatic rings. The van der Waals surface area contributed by atoms with E-state index >= 15 is 0 Å². The fourth-order valence-corrected chi connectivity index (χ4v) is 3.08. The maximum absolute atomic E-state index is 12.5. The predicted octanol–water partition coefficient (Wildman–Crippen LogP) is 1.03. The third-order valence-corrected chi connectivity index (χ3v) is 4.51. The van der Waals surface area contributed by atoms with E-state index in [0.717, 1.165) is 10.1 Å². The van der Waals surface area contributed by atoms with Gasteiger partial charge in [-0.05, 0) is 18.2 Å². The predicted molar refractivity (Wildman–Crippen MR) is 105 cm³/mol. The number of hydrogen-bond donors (Lipinski definition) is 1. The van der Waals surface area contributed by atoms with Crippen molar-refractivity contribution in [1.29, 1.82) is 0 Å². The fraction of sp³-hybridized carbons (Fsp3) is 0.250. The van der Waals surface area contributed by atoms with E-state index in [0.29, 0.717) is 22.4 Å². The molecule has 2 aromatic carbocycles. The molecule has 1 amide bonds. The van der Waals surface area contributed by atoms with Gasteiger partial charge in [0.1, 0.15) is 6.54 Å². The Hall–Kier alpha value is -3.55. The van der Waals surface area contributed by atoms with Crippen molar-refractivity contribution < 1.29 is 14.3 Å². The molecule has 146 valence electrons. The highest BCUT2D eigenvalue weighted by atomic mass is 16.5. The molecular formula is C20H21N3O5. The Labute approximate surface area is 160 Å². The third-order valence-electron chi connectivity index (χ3n) is 4.51. The zero-order valence-electron chi connectivity index (χ0n) is 15.9. The van der Waals surface area contributed by atoms with Crippen molar-refractivity contribution in [2.45, 2.75) is 13.1 Å². The van der Waals surface area contributed by atoms with Crippen molar-refractivity contribution >= 4 is 16.8 Å². The van der Waals surface area contributed by atoms with Gasteiger partial charge in [-0.3, -0.25) is 18.7 Å². The van der Waals surface area contributed by atoms with Crippen LogP contribution >= 0.6 is 0 Å². The second-order valence-corrected chi connectivity index (χ2v) is 6.18. The summed E-state index contributed by atoms with van der Waals surface area (Å²) in [6, 6.07) is 12.1. The molecule has 3 rings (SSSR count). The van der Waals surface area contributed by atoms with Gasteiger partial charge in [-0.2, -0.15) is 0 Å². The molecule has 1 aromatic heterocycles. The van der Waals surface area contributed by atoms with Crippen LogP contribution in [0, 0.1) is 0 Å². The number of fused-ring (bicyclic) bond motifs is 1. The van der Waals surface area contributed by atoms with Crippen molar-refractivity contribution in [2.75, 3.05) is 14.2 Å². The number of ether oxygens (including phenoxy) is 2. The number of amides is 1. The van der Waals surface area contributed by atoms with Gasteiger partial charge in [-0.25, -0.2) is 4.79 Å². The average molecular weight is 383 g/mol. The molecule has 0 aliphatic carbocycles. The van der Waals surface area contributed by atoms with E-state index in [9.17, 15) is 14.4 Å². The minimum Gasteiger partial charge on any atom is -0.493 e. The van der Waals surface area contributed by atoms with Gasteiger partial charge in [0.15, 0.2) is 11.5 Å². The average Bonchev–Trinajstić information content (AvgIpc) is 2.73. The van der Waals surface area contributed by atoms with Gasteiger partial charge in [0.25, 0.3) is 5.56 Å². The van der Waals surface area contributed by atoms with E-state index in [-0.39, 0.29) is 19.0 Å². The van der Waals surface area contributed by atoms with Crippen LogP contribution in [0.1, 0.15) is 5.56 Å². The minimum atomic E-state index is -0.544. The molecule has 1 heterocycles. The molecule has 8 nitrogen and oxygen atoms in total. The van der Waals surface area contributed by atoms with Gasteiger partial charge in [0, 0.05) is 19.2 Å². The maximum Gasteiger partial charge on any atom is 0.331 e. The van der Waals surface area contributed by atoms with Gasteiger partial charge in [-0.15, -0.1) is 0 Å². The van der Waals surface area contributed by atoms with Crippen LogP contribution in [0.25, 0.3) is 10.9 Å². The van der Waals surface area contributed by atoms with Gasteiger partial charge >= 0.3 is 5.69 Å². The van der Waals surface area contributed by atoms with E-state index in [1.54, 1.807) is 36.4 Å². The molecule has 0 saturated carbocycles. The zero-order valence-corrected chi connectivity index (χ0v) is 15.9. The summed E-state index contributed by atoms with van der Waals surface area (Å²) in [4.78, 5) is 37.3. The van der Waals surface area contributed by atoms with Crippen molar-refractivity contribution in [1.82, 2.24) is 14.5 Å². The SMILES string of the molecule is COc1cccc(CNC(=O)Cn2c(=O)n(C)c(=O)c3ccccc32)c1OC. The second kappa shape index (κ2) is 7.99. The summed E-state index contributed by atoms with van der Waals surface area (Å²) in [6.45, 7) is -0.00257. The number of hydrogen-bond acceptors (Lipinski definition) is 5. The smallest absolute Gasteiger partial charge is 0.331 e. The molecular weight excluding hydrogens is 362 g/mol. The summed E-state index contributed by atoms with van der Waals surface area (Å²) in [5.74, 6) is 0.736. The summed E-state index contributed by atoms with van der Waals surface area (Å²) in [7, 11) is 4.46. The second-order valence-electron chi connectivity index (χ2n) is 6.18. The normalized spacial score (nSPS) is 10.7. The lowest BCUT2D eigenvalue weighted by Gasteiger charge is -2.14. The lowest BCUT2D eigenvalue weighted by molar-refractivity contribution is -0.121. The molecule has 0 saturated heterocycles. The van der Waals surface area contributed by atoms with Crippen molar-refractivity contribution in [3.8, 4) is 11.5 Å². The number of benzene rings is 2. The quantitative estimate of drug-likeness (QED) is 0.687. The van der Waals surface area contributed by atoms with Gasteiger partial charge in [-0.1, -0.05) is 24.3 Å². The first-order chi connectivity index (χ1) is 13.5. The molecule has 8 heteroatoms. The Morgan fingerprint density at radius 3 is 2.50 bits per heavy atom. The number of carbonyl (C=O) groups is 1. The number of para-hydroxylation sites is 2. The number of carbonyl (C=O) groups excluding carboxylic acids is 1. The highest BCUT2D eigenvalue weighted by Crippen LogP contribution is 2.30. The first kappa shape index (κ1) is 19.2. The lowest BCUT2D eigenvalue weighted by atomic mass is 10.2. The third kappa shape index (κ3) is 3.48. The Morgan fingerprint density at radius 2 is 1.79 bits per heavy atom. The van der Waals surface area contributed by atoms with Crippen LogP contribution in [0.2, 0.25) is 0 Å². The Balaban J connectivity index is 1.86. The Bertz CT molecular complexity index is 1150. The van der Waals surface area contributed by atoms with Crippen molar-refractivity contribution in [3.05, 3.63) is 68.9 Å². The maximum atomic E-state index is 12.5. The number of aromatic nitrogens is 2. The van der Waals surface area contributed by atoms with Crippen LogP contribution < -0.4 is 26.0 Å². The Kier molecular flexibility index (Phi) is 5.49. The molecule has 0 unspecified atom stereocenters. The molecule has 0 radical (unpaired) electrons. The van der Waals surface area contributed by atoms with Crippen LogP contribution in [0.3, 0.4) is 0 Å². The van der Waals surface area contributed by atoms with Crippen molar-refractivity contribution in [2.24, 2.45) is 7.05 Å². The number of rotatable bonds is 6. The fourth-order valence-electron chi connectivity index (χ4n) is 3.08. The first-order valence-electron chi connectivity index (χ1n) is 8.63. The summed E-state index contributed by atoms with van der Waals surface area (Å²) in [5, 5.41) is 3.16. The first-order valence-corrected chi connectivity index (χ1v) is 8.63. The van der Waals surface area contributed by atoms with E-state index in [1.807, 2.05) is 6.07 Å². The monoisotopic (exact) mass is 383 g/mol. The molecule has 28 heavy (non-hydrogen) atoms. The highest BCUT2D eigenvalue weighted by molar-refractivity contribution is 5.81. The summed E-state index contributed by atoms with van der Waals surface area (Å²) in [5.41, 5.74) is 0.230. The van der Waals surface area contributed by atoms with Gasteiger partial charge in [0.2, 0.25) is 5.91 Å². The van der Waals surface area contributed by atoms with E-state index in [4.69, 9.17) is 9.47 Å². The van der Waals surface area contributed by atoms with Crippen LogP contribution in [0.5, 0.6) is 11.5 Å². The lowest BCUT2D eigenvalue weighted by Crippen LogP contribution is -2.41. The molecule has 0 aliphatic rings. The molecule has 0 atom stereocenters. The van der Waals surface area contributed by atoms with Crippen LogP contribution in [-0.4, -0.2) is 29.3 Å². The van der Waals surface area contributed by atoms with Gasteiger partial charge < -0.3 is 14.8 Å². The van der Waals surface area contributed by atoms with Crippen LogP contribution in [-0.2, 0) is 24.9 Å². The van der Waals surface area contributed by atoms with Crippen LogP contribution in [0.15, 0.2) is 52.1 Å². The summed E-state index contributed by atoms with van der Waals surface area (Å²) >= 11 is 0. The van der Waals surface area contributed by atoms with E-state index < -0.39 is 11.2 Å². The molecule has 0 fully saturated rings. The minimum absolute atomic E-state index is 0.206.